The van der Waals surface area contributed by atoms with E-state index in [4.69, 9.17) is 0 Å². The summed E-state index contributed by atoms with van der Waals surface area (Å²) in [5.74, 6) is 0.458. The molecule has 0 spiro atoms. The van der Waals surface area contributed by atoms with Crippen molar-refractivity contribution < 1.29 is 0 Å². The van der Waals surface area contributed by atoms with E-state index < -0.39 is 0 Å². The van der Waals surface area contributed by atoms with Gasteiger partial charge >= 0.3 is 5.69 Å². The molecule has 0 unspecified atom stereocenters. The van der Waals surface area contributed by atoms with Gasteiger partial charge in [0.25, 0.3) is 0 Å². The molecular weight excluding hydrogens is 142 g/mol. The maximum atomic E-state index is 10.7. The van der Waals surface area contributed by atoms with E-state index in [0.717, 1.165) is 0 Å². The maximum Gasteiger partial charge on any atom is 0.347 e. The molecule has 0 saturated heterocycles. The number of hydrogen-bond acceptors (Lipinski definition) is 3. The van der Waals surface area contributed by atoms with Crippen molar-refractivity contribution in [3.63, 3.8) is 0 Å². The molecule has 1 N–H and O–H groups in total. The zero-order valence-corrected chi connectivity index (χ0v) is 5.61. The van der Waals surface area contributed by atoms with Crippen molar-refractivity contribution >= 4 is 0 Å². The number of imidazole rings is 1. The van der Waals surface area contributed by atoms with E-state index in [2.05, 4.69) is 15.0 Å². The van der Waals surface area contributed by atoms with Crippen LogP contribution >= 0.6 is 0 Å². The number of rotatable bonds is 0. The molecule has 0 radical (unpaired) electrons. The molecule has 2 aliphatic rings. The lowest BCUT2D eigenvalue weighted by Crippen LogP contribution is -1.99. The third-order valence-corrected chi connectivity index (χ3v) is 1.35. The summed E-state index contributed by atoms with van der Waals surface area (Å²) < 4.78 is 0. The van der Waals surface area contributed by atoms with Crippen LogP contribution in [0.15, 0.2) is 29.2 Å². The monoisotopic (exact) mass is 147 g/mol. The number of hydrogen-bond donors (Lipinski definition) is 1. The van der Waals surface area contributed by atoms with E-state index in [9.17, 15) is 4.79 Å². The van der Waals surface area contributed by atoms with E-state index in [1.165, 1.54) is 0 Å². The predicted octanol–water partition coefficient (Wildman–Crippen LogP) is 0.270. The van der Waals surface area contributed by atoms with E-state index in [1.54, 1.807) is 24.4 Å². The molecule has 0 atom stereocenters. The van der Waals surface area contributed by atoms with E-state index in [0.29, 0.717) is 11.5 Å². The summed E-state index contributed by atoms with van der Waals surface area (Å²) in [6.07, 6.45) is 1.60. The Bertz CT molecular complexity index is 361. The summed E-state index contributed by atoms with van der Waals surface area (Å²) in [7, 11) is 0. The quantitative estimate of drug-likeness (QED) is 0.581. The van der Waals surface area contributed by atoms with Crippen LogP contribution in [-0.4, -0.2) is 15.0 Å². The SMILES string of the molecule is O=c1nc2nccccc-2[nH]1. The smallest absolute Gasteiger partial charge is 0.303 e. The fourth-order valence-corrected chi connectivity index (χ4v) is 0.885. The molecule has 0 aromatic carbocycles. The third-order valence-electron chi connectivity index (χ3n) is 1.35. The average Bonchev–Trinajstić information content (AvgIpc) is 2.17. The first kappa shape index (κ1) is 6.03. The van der Waals surface area contributed by atoms with Crippen LogP contribution in [0, 0.1) is 0 Å². The molecule has 2 heterocycles. The topological polar surface area (TPSA) is 58.6 Å². The van der Waals surface area contributed by atoms with Gasteiger partial charge in [0, 0.05) is 6.20 Å². The Morgan fingerprint density at radius 2 is 2.27 bits per heavy atom. The Balaban J connectivity index is 2.83. The number of aromatic nitrogens is 3. The summed E-state index contributed by atoms with van der Waals surface area (Å²) >= 11 is 0. The van der Waals surface area contributed by atoms with Crippen molar-refractivity contribution in [2.75, 3.05) is 0 Å². The molecule has 0 fully saturated rings. The Morgan fingerprint density at radius 1 is 1.36 bits per heavy atom. The lowest BCUT2D eigenvalue weighted by Gasteiger charge is -1.81. The fraction of sp³-hybridized carbons (Fsp3) is 0. The molecule has 0 aliphatic carbocycles. The van der Waals surface area contributed by atoms with Crippen LogP contribution in [0.4, 0.5) is 0 Å². The average molecular weight is 147 g/mol. The Hall–Kier alpha value is -1.71. The maximum absolute atomic E-state index is 10.7. The lowest BCUT2D eigenvalue weighted by atomic mass is 10.4. The van der Waals surface area contributed by atoms with E-state index in [-0.39, 0.29) is 5.69 Å². The van der Waals surface area contributed by atoms with Crippen molar-refractivity contribution in [3.05, 3.63) is 34.9 Å². The minimum Gasteiger partial charge on any atom is -0.303 e. The molecule has 0 saturated carbocycles. The van der Waals surface area contributed by atoms with Crippen molar-refractivity contribution in [1.82, 2.24) is 15.0 Å². The molecule has 11 heavy (non-hydrogen) atoms. The second kappa shape index (κ2) is 2.16. The number of nitrogens with one attached hydrogen (secondary N) is 1. The highest BCUT2D eigenvalue weighted by atomic mass is 16.1. The van der Waals surface area contributed by atoms with Crippen LogP contribution in [0.1, 0.15) is 0 Å². The summed E-state index contributed by atoms with van der Waals surface area (Å²) in [4.78, 5) is 20.8. The minimum absolute atomic E-state index is 0.348. The van der Waals surface area contributed by atoms with E-state index >= 15 is 0 Å². The minimum atomic E-state index is -0.348. The molecule has 2 aliphatic heterocycles. The normalized spacial score (nSPS) is 10.2. The highest BCUT2D eigenvalue weighted by Gasteiger charge is 2.03. The van der Waals surface area contributed by atoms with Gasteiger partial charge in [0.1, 0.15) is 0 Å². The molecule has 0 amide bonds. The molecule has 0 aromatic heterocycles. The van der Waals surface area contributed by atoms with Crippen molar-refractivity contribution in [1.29, 1.82) is 0 Å². The van der Waals surface area contributed by atoms with Crippen LogP contribution < -0.4 is 5.69 Å². The van der Waals surface area contributed by atoms with Gasteiger partial charge in [0.2, 0.25) is 0 Å². The summed E-state index contributed by atoms with van der Waals surface area (Å²) in [5, 5.41) is 0. The predicted molar refractivity (Wildman–Crippen MR) is 39.3 cm³/mol. The van der Waals surface area contributed by atoms with Gasteiger partial charge in [-0.05, 0) is 12.1 Å². The summed E-state index contributed by atoms with van der Waals surface area (Å²) in [6.45, 7) is 0. The molecule has 0 aromatic rings. The van der Waals surface area contributed by atoms with Gasteiger partial charge in [0.05, 0.1) is 5.69 Å². The first-order chi connectivity index (χ1) is 5.36. The number of fused-ring (bicyclic) bond motifs is 1. The second-order valence-corrected chi connectivity index (χ2v) is 2.11. The summed E-state index contributed by atoms with van der Waals surface area (Å²) in [6, 6.07) is 5.34. The van der Waals surface area contributed by atoms with Gasteiger partial charge in [-0.3, -0.25) is 0 Å². The molecule has 4 nitrogen and oxygen atoms in total. The number of nitrogens with zero attached hydrogens (tertiary/aromatic N) is 2. The zero-order valence-electron chi connectivity index (χ0n) is 5.61. The lowest BCUT2D eigenvalue weighted by molar-refractivity contribution is 1.18. The van der Waals surface area contributed by atoms with Gasteiger partial charge in [-0.15, -0.1) is 0 Å². The van der Waals surface area contributed by atoms with E-state index in [1.807, 2.05) is 0 Å². The number of aromatic amines is 1. The second-order valence-electron chi connectivity index (χ2n) is 2.11. The Morgan fingerprint density at radius 3 is 3.18 bits per heavy atom. The fourth-order valence-electron chi connectivity index (χ4n) is 0.885. The van der Waals surface area contributed by atoms with Gasteiger partial charge in [-0.2, -0.15) is 4.98 Å². The molecule has 4 heteroatoms. The Labute approximate surface area is 62.3 Å². The zero-order chi connectivity index (χ0) is 7.68. The number of H-pyrrole nitrogens is 1. The van der Waals surface area contributed by atoms with Crippen molar-refractivity contribution in [2.24, 2.45) is 0 Å². The van der Waals surface area contributed by atoms with Gasteiger partial charge in [-0.1, -0.05) is 6.07 Å². The van der Waals surface area contributed by atoms with Gasteiger partial charge in [-0.25, -0.2) is 9.78 Å². The van der Waals surface area contributed by atoms with Crippen LogP contribution in [0.25, 0.3) is 11.5 Å². The first-order valence-electron chi connectivity index (χ1n) is 3.17. The molecule has 2 rings (SSSR count). The highest BCUT2D eigenvalue weighted by Crippen LogP contribution is 2.06. The van der Waals surface area contributed by atoms with Crippen LogP contribution in [0.2, 0.25) is 0 Å². The van der Waals surface area contributed by atoms with Gasteiger partial charge < -0.3 is 4.98 Å². The first-order valence-corrected chi connectivity index (χ1v) is 3.17. The van der Waals surface area contributed by atoms with Crippen LogP contribution in [-0.2, 0) is 0 Å². The van der Waals surface area contributed by atoms with Crippen LogP contribution in [0.5, 0.6) is 0 Å². The van der Waals surface area contributed by atoms with Gasteiger partial charge in [0.15, 0.2) is 5.82 Å². The summed E-state index contributed by atoms with van der Waals surface area (Å²) in [5.41, 5.74) is 0.318. The van der Waals surface area contributed by atoms with Crippen molar-refractivity contribution in [2.45, 2.75) is 0 Å². The highest BCUT2D eigenvalue weighted by molar-refractivity contribution is 5.48. The standard InChI is InChI=1S/C7H5N3O/c11-7-9-5-3-1-2-4-8-6(5)10-7/h1-4H,(H,8,9,10,11). The third kappa shape index (κ3) is 0.980. The molecule has 54 valence electrons. The van der Waals surface area contributed by atoms with Crippen LogP contribution in [0.3, 0.4) is 0 Å². The Kier molecular flexibility index (Phi) is 1.18. The largest absolute Gasteiger partial charge is 0.347 e. The van der Waals surface area contributed by atoms with Crippen molar-refractivity contribution in [3.8, 4) is 11.5 Å². The molecule has 0 bridgehead atoms. The molecular formula is C7H5N3O.